The maximum Gasteiger partial charge on any atom is 0.417 e. The zero-order valence-corrected chi connectivity index (χ0v) is 15.9. The van der Waals surface area contributed by atoms with Crippen molar-refractivity contribution < 1.29 is 18.0 Å². The predicted octanol–water partition coefficient (Wildman–Crippen LogP) is 3.56. The van der Waals surface area contributed by atoms with Gasteiger partial charge in [0.25, 0.3) is 5.56 Å². The van der Waals surface area contributed by atoms with E-state index >= 15 is 0 Å². The zero-order chi connectivity index (χ0) is 20.6. The molecule has 2 aromatic heterocycles. The molecule has 0 bridgehead atoms. The second-order valence-electron chi connectivity index (χ2n) is 5.79. The van der Waals surface area contributed by atoms with Crippen LogP contribution in [0.15, 0.2) is 39.2 Å². The average Bonchev–Trinajstić information content (AvgIpc) is 3.10. The number of carbonyl (C=O) groups is 1. The van der Waals surface area contributed by atoms with Crippen LogP contribution in [0.2, 0.25) is 5.02 Å². The summed E-state index contributed by atoms with van der Waals surface area (Å²) in [5, 5.41) is 3.46. The van der Waals surface area contributed by atoms with Gasteiger partial charge in [-0.2, -0.15) is 13.2 Å². The third-order valence-electron chi connectivity index (χ3n) is 4.01. The van der Waals surface area contributed by atoms with E-state index in [-0.39, 0.29) is 12.2 Å². The van der Waals surface area contributed by atoms with Gasteiger partial charge >= 0.3 is 11.9 Å². The van der Waals surface area contributed by atoms with Gasteiger partial charge in [-0.1, -0.05) is 11.6 Å². The Morgan fingerprint density at radius 2 is 1.93 bits per heavy atom. The van der Waals surface area contributed by atoms with Crippen LogP contribution < -0.4 is 16.6 Å². The Morgan fingerprint density at radius 1 is 1.21 bits per heavy atom. The number of nitrogens with zero attached hydrogens (tertiary/aromatic N) is 2. The topological polar surface area (TPSA) is 73.1 Å². The van der Waals surface area contributed by atoms with E-state index in [1.807, 2.05) is 0 Å². The molecule has 0 fully saturated rings. The molecule has 28 heavy (non-hydrogen) atoms. The number of rotatable bonds is 4. The average molecular weight is 432 g/mol. The number of thiophene rings is 1. The molecule has 0 radical (unpaired) electrons. The van der Waals surface area contributed by atoms with Crippen molar-refractivity contribution in [3.8, 4) is 0 Å². The fourth-order valence-electron chi connectivity index (χ4n) is 2.73. The smallest absolute Gasteiger partial charge is 0.325 e. The van der Waals surface area contributed by atoms with E-state index in [4.69, 9.17) is 11.6 Å². The van der Waals surface area contributed by atoms with Gasteiger partial charge < -0.3 is 5.32 Å². The van der Waals surface area contributed by atoms with Crippen LogP contribution in [0.1, 0.15) is 12.5 Å². The summed E-state index contributed by atoms with van der Waals surface area (Å²) in [6.07, 6.45) is -4.67. The molecule has 0 spiro atoms. The molecule has 1 N–H and O–H groups in total. The number of amides is 1. The van der Waals surface area contributed by atoms with E-state index < -0.39 is 40.5 Å². The lowest BCUT2D eigenvalue weighted by Gasteiger charge is -2.13. The van der Waals surface area contributed by atoms with Crippen molar-refractivity contribution >= 4 is 44.7 Å². The van der Waals surface area contributed by atoms with Crippen LogP contribution in [-0.4, -0.2) is 15.0 Å². The van der Waals surface area contributed by atoms with Crippen molar-refractivity contribution in [3.63, 3.8) is 0 Å². The van der Waals surface area contributed by atoms with Gasteiger partial charge in [-0.3, -0.25) is 18.7 Å². The molecule has 1 amide bonds. The van der Waals surface area contributed by atoms with Crippen LogP contribution >= 0.6 is 22.9 Å². The SMILES string of the molecule is CCn1c(=O)c2sccc2n(CC(=O)Nc2ccc(Cl)c(C(F)(F)F)c2)c1=O. The first-order valence-corrected chi connectivity index (χ1v) is 9.26. The molecule has 0 saturated carbocycles. The number of benzene rings is 1. The van der Waals surface area contributed by atoms with Crippen molar-refractivity contribution in [2.45, 2.75) is 26.2 Å². The molecule has 11 heteroatoms. The highest BCUT2D eigenvalue weighted by Crippen LogP contribution is 2.36. The highest BCUT2D eigenvalue weighted by Gasteiger charge is 2.33. The molecule has 0 aliphatic carbocycles. The number of fused-ring (bicyclic) bond motifs is 1. The van der Waals surface area contributed by atoms with E-state index in [2.05, 4.69) is 5.32 Å². The van der Waals surface area contributed by atoms with Gasteiger partial charge in [0.2, 0.25) is 5.91 Å². The first-order valence-electron chi connectivity index (χ1n) is 8.01. The molecule has 0 aliphatic rings. The third kappa shape index (κ3) is 3.69. The fraction of sp³-hybridized carbons (Fsp3) is 0.235. The number of alkyl halides is 3. The number of nitrogens with one attached hydrogen (secondary N) is 1. The maximum absolute atomic E-state index is 13.0. The summed E-state index contributed by atoms with van der Waals surface area (Å²) in [5.74, 6) is -0.716. The van der Waals surface area contributed by atoms with Crippen LogP contribution in [0.5, 0.6) is 0 Å². The number of hydrogen-bond donors (Lipinski definition) is 1. The minimum atomic E-state index is -4.67. The van der Waals surface area contributed by atoms with E-state index in [1.165, 1.54) is 6.07 Å². The first kappa shape index (κ1) is 20.2. The monoisotopic (exact) mass is 431 g/mol. The minimum Gasteiger partial charge on any atom is -0.325 e. The number of aromatic nitrogens is 2. The van der Waals surface area contributed by atoms with Crippen LogP contribution in [0.3, 0.4) is 0 Å². The highest BCUT2D eigenvalue weighted by atomic mass is 35.5. The van der Waals surface area contributed by atoms with Gasteiger partial charge in [-0.25, -0.2) is 4.79 Å². The Kier molecular flexibility index (Phi) is 5.35. The van der Waals surface area contributed by atoms with Crippen molar-refractivity contribution in [2.75, 3.05) is 5.32 Å². The third-order valence-corrected chi connectivity index (χ3v) is 5.23. The van der Waals surface area contributed by atoms with Crippen molar-refractivity contribution in [1.82, 2.24) is 9.13 Å². The van der Waals surface area contributed by atoms with E-state index in [1.54, 1.807) is 18.4 Å². The van der Waals surface area contributed by atoms with Crippen molar-refractivity contribution in [3.05, 3.63) is 61.1 Å². The Morgan fingerprint density at radius 3 is 2.57 bits per heavy atom. The molecular formula is C17H13ClF3N3O3S. The standard InChI is InChI=1S/C17H13ClF3N3O3S/c1-2-23-15(26)14-12(5-6-28-14)24(16(23)27)8-13(25)22-9-3-4-11(18)10(7-9)17(19,20)21/h3-7H,2,8H2,1H3,(H,22,25). The normalized spacial score (nSPS) is 11.8. The first-order chi connectivity index (χ1) is 13.1. The number of hydrogen-bond acceptors (Lipinski definition) is 4. The Hall–Kier alpha value is -2.59. The fourth-order valence-corrected chi connectivity index (χ4v) is 3.80. The summed E-state index contributed by atoms with van der Waals surface area (Å²) in [5.41, 5.74) is -2.00. The van der Waals surface area contributed by atoms with Gasteiger partial charge in [0, 0.05) is 12.2 Å². The summed E-state index contributed by atoms with van der Waals surface area (Å²) in [6, 6.07) is 4.52. The molecule has 2 heterocycles. The summed E-state index contributed by atoms with van der Waals surface area (Å²) in [6.45, 7) is 1.29. The lowest BCUT2D eigenvalue weighted by Crippen LogP contribution is -2.40. The lowest BCUT2D eigenvalue weighted by atomic mass is 10.2. The summed E-state index contributed by atoms with van der Waals surface area (Å²) < 4.78 is 41.3. The molecule has 0 aliphatic heterocycles. The Labute approximate surface area is 164 Å². The molecule has 0 unspecified atom stereocenters. The zero-order valence-electron chi connectivity index (χ0n) is 14.3. The molecule has 0 atom stereocenters. The van der Waals surface area contributed by atoms with Gasteiger partial charge in [0.05, 0.1) is 16.1 Å². The van der Waals surface area contributed by atoms with E-state index in [0.717, 1.165) is 32.6 Å². The van der Waals surface area contributed by atoms with Crippen LogP contribution in [0.4, 0.5) is 18.9 Å². The quantitative estimate of drug-likeness (QED) is 0.686. The summed E-state index contributed by atoms with van der Waals surface area (Å²) in [7, 11) is 0. The van der Waals surface area contributed by atoms with E-state index in [9.17, 15) is 27.6 Å². The molecule has 6 nitrogen and oxygen atoms in total. The highest BCUT2D eigenvalue weighted by molar-refractivity contribution is 7.17. The van der Waals surface area contributed by atoms with Gasteiger partial charge in [-0.05, 0) is 36.6 Å². The molecule has 3 aromatic rings. The molecule has 148 valence electrons. The molecule has 1 aromatic carbocycles. The molecular weight excluding hydrogens is 419 g/mol. The molecule has 3 rings (SSSR count). The van der Waals surface area contributed by atoms with Gasteiger partial charge in [0.1, 0.15) is 11.2 Å². The number of halogens is 4. The second-order valence-corrected chi connectivity index (χ2v) is 7.12. The van der Waals surface area contributed by atoms with Gasteiger partial charge in [-0.15, -0.1) is 11.3 Å². The van der Waals surface area contributed by atoms with Crippen LogP contribution in [0.25, 0.3) is 10.2 Å². The van der Waals surface area contributed by atoms with Gasteiger partial charge in [0.15, 0.2) is 0 Å². The van der Waals surface area contributed by atoms with Crippen molar-refractivity contribution in [2.24, 2.45) is 0 Å². The van der Waals surface area contributed by atoms with Crippen molar-refractivity contribution in [1.29, 1.82) is 0 Å². The van der Waals surface area contributed by atoms with Crippen LogP contribution in [-0.2, 0) is 24.1 Å². The maximum atomic E-state index is 13.0. The predicted molar refractivity (Wildman–Crippen MR) is 101 cm³/mol. The Bertz CT molecular complexity index is 1180. The van der Waals surface area contributed by atoms with Crippen LogP contribution in [0, 0.1) is 0 Å². The summed E-state index contributed by atoms with van der Waals surface area (Å²) in [4.78, 5) is 37.2. The lowest BCUT2D eigenvalue weighted by molar-refractivity contribution is -0.137. The van der Waals surface area contributed by atoms with E-state index in [0.29, 0.717) is 10.2 Å². The minimum absolute atomic E-state index is 0.111. The largest absolute Gasteiger partial charge is 0.417 e. The molecule has 0 saturated heterocycles. The Balaban J connectivity index is 1.94. The number of anilines is 1. The summed E-state index contributed by atoms with van der Waals surface area (Å²) >= 11 is 6.70. The second kappa shape index (κ2) is 7.44. The number of carbonyl (C=O) groups excluding carboxylic acids is 1.